The van der Waals surface area contributed by atoms with Crippen LogP contribution in [-0.2, 0) is 0 Å². The third-order valence-corrected chi connectivity index (χ3v) is 5.84. The van der Waals surface area contributed by atoms with E-state index in [4.69, 9.17) is 0 Å². The normalized spacial score (nSPS) is 12.0. The van der Waals surface area contributed by atoms with Crippen LogP contribution in [0.15, 0.2) is 55.1 Å². The van der Waals surface area contributed by atoms with E-state index in [1.165, 1.54) is 33.6 Å². The summed E-state index contributed by atoms with van der Waals surface area (Å²) < 4.78 is 43.7. The molecule has 0 aliphatic rings. The predicted octanol–water partition coefficient (Wildman–Crippen LogP) is 8.55. The first-order valence-corrected chi connectivity index (χ1v) is 11.9. The summed E-state index contributed by atoms with van der Waals surface area (Å²) in [7, 11) is -6.00. The van der Waals surface area contributed by atoms with Crippen molar-refractivity contribution in [2.75, 3.05) is 0 Å². The van der Waals surface area contributed by atoms with Gasteiger partial charge in [-0.15, -0.1) is 0 Å². The summed E-state index contributed by atoms with van der Waals surface area (Å²) in [6.07, 6.45) is 6.70. The number of nitrogens with zero attached hydrogens (tertiary/aromatic N) is 2. The molecule has 0 aliphatic heterocycles. The summed E-state index contributed by atoms with van der Waals surface area (Å²) in [5, 5.41) is 0. The summed E-state index contributed by atoms with van der Waals surface area (Å²) in [6, 6.07) is 13.5. The van der Waals surface area contributed by atoms with Crippen molar-refractivity contribution in [3.05, 3.63) is 77.4 Å². The molecule has 0 bridgehead atoms. The maximum absolute atomic E-state index is 9.75. The number of rotatable bonds is 6. The minimum atomic E-state index is -6.00. The second-order valence-electron chi connectivity index (χ2n) is 9.91. The van der Waals surface area contributed by atoms with Crippen LogP contribution in [0.25, 0.3) is 11.4 Å². The Morgan fingerprint density at radius 3 is 1.35 bits per heavy atom. The molecule has 0 saturated carbocycles. The molecule has 34 heavy (non-hydrogen) atoms. The van der Waals surface area contributed by atoms with Crippen molar-refractivity contribution in [3.63, 3.8) is 0 Å². The van der Waals surface area contributed by atoms with E-state index in [1.807, 2.05) is 0 Å². The summed E-state index contributed by atoms with van der Waals surface area (Å²) >= 11 is 0. The highest BCUT2D eigenvalue weighted by Gasteiger charge is 2.24. The van der Waals surface area contributed by atoms with Gasteiger partial charge < -0.3 is 17.3 Å². The first kappa shape index (κ1) is 27.7. The van der Waals surface area contributed by atoms with E-state index in [1.54, 1.807) is 0 Å². The SMILES string of the molecule is CC(C)c1cccc(C(C)C)c1-n1cc[n+](-c2c(C(C)C)cccc2C(C)C)c1.F[B-](F)(F)F. The molecule has 7 heteroatoms. The Balaban J connectivity index is 0.000000739. The number of benzene rings is 2. The largest absolute Gasteiger partial charge is 0.673 e. The van der Waals surface area contributed by atoms with E-state index in [-0.39, 0.29) is 0 Å². The molecular weight excluding hydrogens is 439 g/mol. The Labute approximate surface area is 201 Å². The lowest BCUT2D eigenvalue weighted by Gasteiger charge is -2.17. The van der Waals surface area contributed by atoms with Gasteiger partial charge in [0.25, 0.3) is 6.33 Å². The third kappa shape index (κ3) is 6.97. The van der Waals surface area contributed by atoms with Crippen molar-refractivity contribution in [3.8, 4) is 11.4 Å². The molecule has 0 radical (unpaired) electrons. The van der Waals surface area contributed by atoms with Gasteiger partial charge >= 0.3 is 7.25 Å². The van der Waals surface area contributed by atoms with Crippen LogP contribution in [0, 0.1) is 0 Å². The number of para-hydroxylation sites is 2. The molecule has 186 valence electrons. The Kier molecular flexibility index (Phi) is 9.15. The fourth-order valence-corrected chi connectivity index (χ4v) is 4.24. The van der Waals surface area contributed by atoms with Crippen LogP contribution in [-0.4, -0.2) is 11.8 Å². The smallest absolute Gasteiger partial charge is 0.418 e. The zero-order valence-corrected chi connectivity index (χ0v) is 21.5. The van der Waals surface area contributed by atoms with E-state index >= 15 is 0 Å². The van der Waals surface area contributed by atoms with Crippen LogP contribution in [0.2, 0.25) is 0 Å². The molecule has 0 unspecified atom stereocenters. The Morgan fingerprint density at radius 2 is 1.00 bits per heavy atom. The van der Waals surface area contributed by atoms with Gasteiger partial charge in [0, 0.05) is 22.3 Å². The molecule has 0 spiro atoms. The van der Waals surface area contributed by atoms with Crippen molar-refractivity contribution >= 4 is 7.25 Å². The lowest BCUT2D eigenvalue weighted by atomic mass is 9.92. The molecule has 0 saturated heterocycles. The standard InChI is InChI=1S/C27H37N2.BF4/c1-18(2)22-11-9-12-23(19(3)4)26(22)28-15-16-29(17-28)27-24(20(5)6)13-10-14-25(27)21(7)8;2-1(3,4)5/h9-21H,1-8H3;/q+1;-1. The van der Waals surface area contributed by atoms with Gasteiger partial charge in [-0.1, -0.05) is 91.8 Å². The van der Waals surface area contributed by atoms with Crippen molar-refractivity contribution < 1.29 is 21.8 Å². The molecule has 3 aromatic rings. The molecular formula is C27H37BF4N2. The van der Waals surface area contributed by atoms with Crippen LogP contribution in [0.1, 0.15) is 101 Å². The van der Waals surface area contributed by atoms with Gasteiger partial charge in [0.05, 0.1) is 0 Å². The molecule has 2 aromatic carbocycles. The van der Waals surface area contributed by atoms with Gasteiger partial charge in [-0.3, -0.25) is 0 Å². The summed E-state index contributed by atoms with van der Waals surface area (Å²) in [5.41, 5.74) is 8.29. The summed E-state index contributed by atoms with van der Waals surface area (Å²) in [5.74, 6) is 1.92. The number of aromatic nitrogens is 2. The average Bonchev–Trinajstić information content (AvgIpc) is 3.20. The quantitative estimate of drug-likeness (QED) is 0.192. The lowest BCUT2D eigenvalue weighted by molar-refractivity contribution is -0.596. The average molecular weight is 476 g/mol. The Morgan fingerprint density at radius 1 is 0.647 bits per heavy atom. The molecule has 3 rings (SSSR count). The fourth-order valence-electron chi connectivity index (χ4n) is 4.24. The molecule has 1 aromatic heterocycles. The molecule has 1 heterocycles. The maximum Gasteiger partial charge on any atom is 0.673 e. The van der Waals surface area contributed by atoms with Crippen LogP contribution in [0.4, 0.5) is 17.3 Å². The monoisotopic (exact) mass is 476 g/mol. The molecule has 0 N–H and O–H groups in total. The van der Waals surface area contributed by atoms with Crippen molar-refractivity contribution in [1.82, 2.24) is 4.57 Å². The summed E-state index contributed by atoms with van der Waals surface area (Å²) in [4.78, 5) is 0. The number of imidazole rings is 1. The van der Waals surface area contributed by atoms with E-state index in [2.05, 4.69) is 120 Å². The van der Waals surface area contributed by atoms with Gasteiger partial charge in [0.15, 0.2) is 0 Å². The van der Waals surface area contributed by atoms with Crippen molar-refractivity contribution in [2.24, 2.45) is 0 Å². The first-order valence-electron chi connectivity index (χ1n) is 11.9. The second-order valence-corrected chi connectivity index (χ2v) is 9.91. The van der Waals surface area contributed by atoms with Gasteiger partial charge in [0.1, 0.15) is 23.8 Å². The topological polar surface area (TPSA) is 8.81 Å². The van der Waals surface area contributed by atoms with Gasteiger partial charge in [-0.2, -0.15) is 0 Å². The van der Waals surface area contributed by atoms with E-state index < -0.39 is 7.25 Å². The highest BCUT2D eigenvalue weighted by molar-refractivity contribution is 6.50. The molecule has 0 amide bonds. The second kappa shape index (κ2) is 11.2. The van der Waals surface area contributed by atoms with E-state index in [9.17, 15) is 17.3 Å². The molecule has 0 atom stereocenters. The fraction of sp³-hybridized carbons (Fsp3) is 0.444. The number of hydrogen-bond acceptors (Lipinski definition) is 0. The molecule has 0 aliphatic carbocycles. The van der Waals surface area contributed by atoms with Crippen LogP contribution in [0.3, 0.4) is 0 Å². The highest BCUT2D eigenvalue weighted by Crippen LogP contribution is 2.32. The van der Waals surface area contributed by atoms with Crippen LogP contribution < -0.4 is 4.57 Å². The Bertz CT molecular complexity index is 946. The van der Waals surface area contributed by atoms with Crippen molar-refractivity contribution in [1.29, 1.82) is 0 Å². The van der Waals surface area contributed by atoms with Gasteiger partial charge in [0.2, 0.25) is 0 Å². The molecule has 2 nitrogen and oxygen atoms in total. The summed E-state index contributed by atoms with van der Waals surface area (Å²) in [6.45, 7) is 18.3. The minimum absolute atomic E-state index is 0.480. The van der Waals surface area contributed by atoms with E-state index in [0.29, 0.717) is 23.7 Å². The van der Waals surface area contributed by atoms with Crippen LogP contribution in [0.5, 0.6) is 0 Å². The maximum atomic E-state index is 9.75. The minimum Gasteiger partial charge on any atom is -0.418 e. The van der Waals surface area contributed by atoms with Crippen LogP contribution >= 0.6 is 0 Å². The third-order valence-electron chi connectivity index (χ3n) is 5.84. The number of halogens is 4. The Hall–Kier alpha value is -2.57. The zero-order valence-electron chi connectivity index (χ0n) is 21.5. The van der Waals surface area contributed by atoms with Crippen molar-refractivity contribution in [2.45, 2.75) is 79.1 Å². The van der Waals surface area contributed by atoms with Gasteiger partial charge in [-0.25, -0.2) is 9.13 Å². The predicted molar refractivity (Wildman–Crippen MR) is 134 cm³/mol. The molecule has 0 fully saturated rings. The zero-order chi connectivity index (χ0) is 25.8. The number of hydrogen-bond donors (Lipinski definition) is 0. The van der Waals surface area contributed by atoms with Gasteiger partial charge in [-0.05, 0) is 23.7 Å². The first-order chi connectivity index (χ1) is 15.7. The van der Waals surface area contributed by atoms with E-state index in [0.717, 1.165) is 0 Å². The lowest BCUT2D eigenvalue weighted by Crippen LogP contribution is -2.31. The highest BCUT2D eigenvalue weighted by atomic mass is 19.5.